The Kier molecular flexibility index (Phi) is 2.59. The van der Waals surface area contributed by atoms with Crippen LogP contribution in [0.1, 0.15) is 5.69 Å². The second-order valence-corrected chi connectivity index (χ2v) is 3.39. The molecule has 2 heterocycles. The van der Waals surface area contributed by atoms with Gasteiger partial charge in [-0.1, -0.05) is 0 Å². The highest BCUT2D eigenvalue weighted by molar-refractivity contribution is 5.76. The van der Waals surface area contributed by atoms with Crippen molar-refractivity contribution >= 4 is 17.0 Å². The van der Waals surface area contributed by atoms with Gasteiger partial charge in [0.2, 0.25) is 5.95 Å². The zero-order valence-corrected chi connectivity index (χ0v) is 8.27. The smallest absolute Gasteiger partial charge is 0.280 e. The lowest BCUT2D eigenvalue weighted by Gasteiger charge is -2.04. The maximum atomic E-state index is 11.4. The molecule has 1 atom stereocenters. The summed E-state index contributed by atoms with van der Waals surface area (Å²) < 4.78 is 0. The first-order chi connectivity index (χ1) is 7.61. The highest BCUT2D eigenvalue weighted by atomic mass is 16.3. The largest absolute Gasteiger partial charge is 0.394 e. The van der Waals surface area contributed by atoms with Crippen LogP contribution < -0.4 is 11.3 Å². The number of nitrogens with zero attached hydrogens (tertiary/aromatic N) is 2. The molecule has 6 N–H and O–H groups in total. The van der Waals surface area contributed by atoms with Gasteiger partial charge in [-0.05, 0) is 0 Å². The molecule has 8 nitrogen and oxygen atoms in total. The van der Waals surface area contributed by atoms with Crippen LogP contribution in [-0.2, 0) is 6.42 Å². The van der Waals surface area contributed by atoms with Crippen molar-refractivity contribution in [3.8, 4) is 0 Å². The summed E-state index contributed by atoms with van der Waals surface area (Å²) in [7, 11) is 0. The number of hydrogen-bond acceptors (Lipinski definition) is 6. The van der Waals surface area contributed by atoms with Crippen LogP contribution in [-0.4, -0.2) is 43.1 Å². The Hall–Kier alpha value is -1.93. The lowest BCUT2D eigenvalue weighted by Crippen LogP contribution is -2.16. The fourth-order valence-electron chi connectivity index (χ4n) is 1.42. The molecule has 0 fully saturated rings. The van der Waals surface area contributed by atoms with E-state index in [1.54, 1.807) is 0 Å². The van der Waals surface area contributed by atoms with Gasteiger partial charge in [-0.3, -0.25) is 14.9 Å². The first-order valence-electron chi connectivity index (χ1n) is 4.63. The average molecular weight is 225 g/mol. The normalized spacial score (nSPS) is 13.1. The third kappa shape index (κ3) is 1.75. The predicted molar refractivity (Wildman–Crippen MR) is 55.7 cm³/mol. The molecule has 2 aromatic rings. The number of aromatic amines is 2. The average Bonchev–Trinajstić information content (AvgIpc) is 2.61. The maximum absolute atomic E-state index is 11.4. The van der Waals surface area contributed by atoms with Gasteiger partial charge in [0.1, 0.15) is 5.52 Å². The lowest BCUT2D eigenvalue weighted by molar-refractivity contribution is 0.0949. The van der Waals surface area contributed by atoms with Gasteiger partial charge in [0.25, 0.3) is 5.56 Å². The van der Waals surface area contributed by atoms with E-state index in [0.717, 1.165) is 0 Å². The zero-order valence-electron chi connectivity index (χ0n) is 8.27. The fraction of sp³-hybridized carbons (Fsp3) is 0.375. The summed E-state index contributed by atoms with van der Waals surface area (Å²) in [6.45, 7) is -0.376. The summed E-state index contributed by atoms with van der Waals surface area (Å²) in [6, 6.07) is 0. The van der Waals surface area contributed by atoms with Crippen molar-refractivity contribution in [3.63, 3.8) is 0 Å². The van der Waals surface area contributed by atoms with Gasteiger partial charge in [-0.2, -0.15) is 5.10 Å². The third-order valence-electron chi connectivity index (χ3n) is 2.15. The summed E-state index contributed by atoms with van der Waals surface area (Å²) >= 11 is 0. The number of nitrogens with two attached hydrogens (primary N) is 1. The van der Waals surface area contributed by atoms with E-state index >= 15 is 0 Å². The zero-order chi connectivity index (χ0) is 11.7. The molecular formula is C8H11N5O3. The van der Waals surface area contributed by atoms with E-state index in [1.165, 1.54) is 0 Å². The van der Waals surface area contributed by atoms with Crippen molar-refractivity contribution < 1.29 is 10.2 Å². The second kappa shape index (κ2) is 3.91. The second-order valence-electron chi connectivity index (χ2n) is 3.39. The molecule has 2 aromatic heterocycles. The summed E-state index contributed by atoms with van der Waals surface area (Å²) in [5.41, 5.74) is 5.87. The quantitative estimate of drug-likeness (QED) is 0.414. The Balaban J connectivity index is 2.51. The van der Waals surface area contributed by atoms with E-state index in [2.05, 4.69) is 20.2 Å². The van der Waals surface area contributed by atoms with Crippen LogP contribution in [0.3, 0.4) is 0 Å². The Bertz CT molecular complexity index is 560. The van der Waals surface area contributed by atoms with Crippen molar-refractivity contribution in [3.05, 3.63) is 16.0 Å². The standard InChI is InChI=1S/C8H11N5O3/c9-8-10-5-4(1-3(15)2-14)12-13-6(5)7(16)11-8/h3,14-15H,1-2H2,(H,12,13)(H3,9,10,11,16). The number of H-pyrrole nitrogens is 2. The summed E-state index contributed by atoms with van der Waals surface area (Å²) in [5, 5.41) is 24.4. The topological polar surface area (TPSA) is 141 Å². The van der Waals surface area contributed by atoms with Crippen LogP contribution in [0, 0.1) is 0 Å². The van der Waals surface area contributed by atoms with E-state index in [0.29, 0.717) is 11.2 Å². The molecule has 0 aliphatic carbocycles. The molecule has 0 aromatic carbocycles. The van der Waals surface area contributed by atoms with Crippen LogP contribution in [0.25, 0.3) is 11.0 Å². The number of nitrogens with one attached hydrogen (secondary N) is 2. The summed E-state index contributed by atoms with van der Waals surface area (Å²) in [4.78, 5) is 17.6. The van der Waals surface area contributed by atoms with Gasteiger partial charge in [0.05, 0.1) is 18.4 Å². The maximum Gasteiger partial charge on any atom is 0.280 e. The molecule has 0 amide bonds. The molecule has 1 unspecified atom stereocenters. The van der Waals surface area contributed by atoms with Crippen LogP contribution in [0.4, 0.5) is 5.95 Å². The Morgan fingerprint density at radius 2 is 2.19 bits per heavy atom. The number of nitrogen functional groups attached to an aromatic ring is 1. The number of aliphatic hydroxyl groups is 2. The van der Waals surface area contributed by atoms with E-state index in [-0.39, 0.29) is 24.5 Å². The minimum absolute atomic E-state index is 0.0151. The molecule has 0 spiro atoms. The van der Waals surface area contributed by atoms with Crippen molar-refractivity contribution in [2.24, 2.45) is 0 Å². The number of aromatic nitrogens is 4. The number of fused-ring (bicyclic) bond motifs is 1. The van der Waals surface area contributed by atoms with Gasteiger partial charge < -0.3 is 15.9 Å². The van der Waals surface area contributed by atoms with E-state index in [9.17, 15) is 9.90 Å². The number of rotatable bonds is 3. The molecule has 16 heavy (non-hydrogen) atoms. The summed E-state index contributed by atoms with van der Waals surface area (Å²) in [6.07, 6.45) is -0.797. The fourth-order valence-corrected chi connectivity index (χ4v) is 1.42. The lowest BCUT2D eigenvalue weighted by atomic mass is 10.2. The molecule has 0 bridgehead atoms. The first-order valence-corrected chi connectivity index (χ1v) is 4.63. The highest BCUT2D eigenvalue weighted by Gasteiger charge is 2.14. The molecule has 0 saturated heterocycles. The van der Waals surface area contributed by atoms with Gasteiger partial charge in [-0.15, -0.1) is 0 Å². The minimum atomic E-state index is -0.925. The third-order valence-corrected chi connectivity index (χ3v) is 2.15. The van der Waals surface area contributed by atoms with Crippen molar-refractivity contribution in [2.45, 2.75) is 12.5 Å². The van der Waals surface area contributed by atoms with Crippen molar-refractivity contribution in [1.82, 2.24) is 20.2 Å². The van der Waals surface area contributed by atoms with E-state index < -0.39 is 11.7 Å². The molecule has 0 aliphatic heterocycles. The van der Waals surface area contributed by atoms with Crippen LogP contribution in [0.2, 0.25) is 0 Å². The van der Waals surface area contributed by atoms with Crippen LogP contribution in [0.5, 0.6) is 0 Å². The number of aliphatic hydroxyl groups excluding tert-OH is 2. The number of hydrogen-bond donors (Lipinski definition) is 5. The van der Waals surface area contributed by atoms with Crippen molar-refractivity contribution in [1.29, 1.82) is 0 Å². The predicted octanol–water partition coefficient (Wildman–Crippen LogP) is -1.88. The van der Waals surface area contributed by atoms with Gasteiger partial charge in [0, 0.05) is 6.42 Å². The molecule has 8 heteroatoms. The molecule has 0 aliphatic rings. The highest BCUT2D eigenvalue weighted by Crippen LogP contribution is 2.11. The Morgan fingerprint density at radius 1 is 1.44 bits per heavy atom. The van der Waals surface area contributed by atoms with Gasteiger partial charge in [0.15, 0.2) is 5.52 Å². The van der Waals surface area contributed by atoms with E-state index in [4.69, 9.17) is 10.8 Å². The Morgan fingerprint density at radius 3 is 2.88 bits per heavy atom. The molecular weight excluding hydrogens is 214 g/mol. The minimum Gasteiger partial charge on any atom is -0.394 e. The van der Waals surface area contributed by atoms with Crippen LogP contribution >= 0.6 is 0 Å². The molecule has 2 rings (SSSR count). The Labute approximate surface area is 89.1 Å². The SMILES string of the molecule is Nc1nc2c(CC(O)CO)[nH]nc2c(=O)[nH]1. The summed E-state index contributed by atoms with van der Waals surface area (Å²) in [5.74, 6) is -0.0151. The molecule has 0 radical (unpaired) electrons. The molecule has 0 saturated carbocycles. The van der Waals surface area contributed by atoms with Crippen molar-refractivity contribution in [2.75, 3.05) is 12.3 Å². The van der Waals surface area contributed by atoms with Crippen LogP contribution in [0.15, 0.2) is 4.79 Å². The number of anilines is 1. The monoisotopic (exact) mass is 225 g/mol. The van der Waals surface area contributed by atoms with Gasteiger partial charge in [-0.25, -0.2) is 4.98 Å². The van der Waals surface area contributed by atoms with Gasteiger partial charge >= 0.3 is 0 Å². The molecule has 86 valence electrons. The van der Waals surface area contributed by atoms with E-state index in [1.807, 2.05) is 0 Å². The first kappa shape index (κ1) is 10.6.